The van der Waals surface area contributed by atoms with E-state index < -0.39 is 0 Å². The van der Waals surface area contributed by atoms with Crippen molar-refractivity contribution in [2.75, 3.05) is 6.54 Å². The van der Waals surface area contributed by atoms with E-state index >= 15 is 0 Å². The van der Waals surface area contributed by atoms with E-state index in [2.05, 4.69) is 51.2 Å². The van der Waals surface area contributed by atoms with Gasteiger partial charge in [0.15, 0.2) is 0 Å². The lowest BCUT2D eigenvalue weighted by Gasteiger charge is -2.26. The molecule has 0 aliphatic heterocycles. The minimum Gasteiger partial charge on any atom is -0.314 e. The van der Waals surface area contributed by atoms with Gasteiger partial charge < -0.3 is 5.32 Å². The lowest BCUT2D eigenvalue weighted by molar-refractivity contribution is 0.312. The van der Waals surface area contributed by atoms with Crippen LogP contribution in [0.25, 0.3) is 0 Å². The van der Waals surface area contributed by atoms with Crippen LogP contribution in [0.5, 0.6) is 0 Å². The summed E-state index contributed by atoms with van der Waals surface area (Å²) in [5.74, 6) is 1.74. The molecule has 1 fully saturated rings. The zero-order valence-electron chi connectivity index (χ0n) is 13.7. The summed E-state index contributed by atoms with van der Waals surface area (Å²) >= 11 is 0. The van der Waals surface area contributed by atoms with Crippen molar-refractivity contribution < 1.29 is 0 Å². The Balaban J connectivity index is 2.07. The van der Waals surface area contributed by atoms with Crippen molar-refractivity contribution in [3.63, 3.8) is 0 Å². The maximum atomic E-state index is 3.68. The van der Waals surface area contributed by atoms with Crippen LogP contribution in [0.15, 0.2) is 18.2 Å². The van der Waals surface area contributed by atoms with Crippen molar-refractivity contribution in [2.24, 2.45) is 11.8 Å². The molecule has 1 aliphatic rings. The van der Waals surface area contributed by atoms with E-state index in [1.54, 1.807) is 5.56 Å². The third kappa shape index (κ3) is 4.34. The fourth-order valence-electron chi connectivity index (χ4n) is 3.52. The molecular weight excluding hydrogens is 242 g/mol. The Bertz CT molecular complexity index is 416. The van der Waals surface area contributed by atoms with Gasteiger partial charge in [0.25, 0.3) is 0 Å². The molecule has 1 nitrogen and oxygen atoms in total. The predicted octanol–water partition coefficient (Wildman–Crippen LogP) is 4.65. The zero-order chi connectivity index (χ0) is 14.5. The van der Waals surface area contributed by atoms with Gasteiger partial charge in [-0.15, -0.1) is 0 Å². The summed E-state index contributed by atoms with van der Waals surface area (Å²) in [7, 11) is 0. The second-order valence-electron chi connectivity index (χ2n) is 7.00. The first-order chi connectivity index (χ1) is 9.56. The van der Waals surface area contributed by atoms with Gasteiger partial charge in [-0.3, -0.25) is 0 Å². The maximum Gasteiger partial charge on any atom is 0.00104 e. The third-order valence-corrected chi connectivity index (χ3v) is 4.84. The highest BCUT2D eigenvalue weighted by atomic mass is 14.9. The predicted molar refractivity (Wildman–Crippen MR) is 88.2 cm³/mol. The standard InChI is InChI=1S/C19H31N/c1-14(2)20-13-19(17-7-5-6-8-17)12-18-11-15(3)9-10-16(18)4/h9-11,14,17,19-20H,5-8,12-13H2,1-4H3. The Morgan fingerprint density at radius 3 is 2.50 bits per heavy atom. The molecule has 1 saturated carbocycles. The van der Waals surface area contributed by atoms with Gasteiger partial charge in [-0.05, 0) is 49.8 Å². The van der Waals surface area contributed by atoms with Crippen LogP contribution in [0.2, 0.25) is 0 Å². The molecule has 1 aliphatic carbocycles. The summed E-state index contributed by atoms with van der Waals surface area (Å²) in [4.78, 5) is 0. The van der Waals surface area contributed by atoms with Crippen molar-refractivity contribution in [1.29, 1.82) is 0 Å². The normalized spacial score (nSPS) is 17.9. The smallest absolute Gasteiger partial charge is 0.00104 e. The van der Waals surface area contributed by atoms with Crippen LogP contribution in [0.1, 0.15) is 56.2 Å². The maximum absolute atomic E-state index is 3.68. The van der Waals surface area contributed by atoms with Crippen LogP contribution < -0.4 is 5.32 Å². The Kier molecular flexibility index (Phi) is 5.65. The molecule has 0 amide bonds. The van der Waals surface area contributed by atoms with Gasteiger partial charge in [0, 0.05) is 6.04 Å². The second kappa shape index (κ2) is 7.26. The van der Waals surface area contributed by atoms with Crippen molar-refractivity contribution in [3.8, 4) is 0 Å². The van der Waals surface area contributed by atoms with Crippen LogP contribution in [-0.4, -0.2) is 12.6 Å². The highest BCUT2D eigenvalue weighted by Gasteiger charge is 2.25. The van der Waals surface area contributed by atoms with Gasteiger partial charge in [0.05, 0.1) is 0 Å². The van der Waals surface area contributed by atoms with Gasteiger partial charge in [-0.25, -0.2) is 0 Å². The summed E-state index contributed by atoms with van der Waals surface area (Å²) in [6.07, 6.45) is 7.01. The molecule has 1 unspecified atom stereocenters. The van der Waals surface area contributed by atoms with Gasteiger partial charge in [-0.2, -0.15) is 0 Å². The Hall–Kier alpha value is -0.820. The second-order valence-corrected chi connectivity index (χ2v) is 7.00. The van der Waals surface area contributed by atoms with Crippen LogP contribution in [0.4, 0.5) is 0 Å². The molecule has 1 N–H and O–H groups in total. The van der Waals surface area contributed by atoms with Crippen molar-refractivity contribution in [2.45, 2.75) is 65.8 Å². The van der Waals surface area contributed by atoms with Gasteiger partial charge >= 0.3 is 0 Å². The van der Waals surface area contributed by atoms with Crippen molar-refractivity contribution in [1.82, 2.24) is 5.32 Å². The first kappa shape index (κ1) is 15.6. The lowest BCUT2D eigenvalue weighted by Crippen LogP contribution is -2.33. The molecule has 112 valence electrons. The SMILES string of the molecule is Cc1ccc(C)c(CC(CNC(C)C)C2CCCC2)c1. The average molecular weight is 273 g/mol. The van der Waals surface area contributed by atoms with Crippen LogP contribution in [-0.2, 0) is 6.42 Å². The molecule has 0 spiro atoms. The number of aryl methyl sites for hydroxylation is 2. The van der Waals surface area contributed by atoms with E-state index in [1.807, 2.05) is 0 Å². The molecule has 0 radical (unpaired) electrons. The molecule has 0 aromatic heterocycles. The third-order valence-electron chi connectivity index (χ3n) is 4.84. The van der Waals surface area contributed by atoms with Gasteiger partial charge in [-0.1, -0.05) is 63.3 Å². The molecule has 1 heteroatoms. The first-order valence-electron chi connectivity index (χ1n) is 8.35. The van der Waals surface area contributed by atoms with E-state index in [1.165, 1.54) is 49.8 Å². The van der Waals surface area contributed by atoms with E-state index in [-0.39, 0.29) is 0 Å². The number of benzene rings is 1. The number of hydrogen-bond acceptors (Lipinski definition) is 1. The fourth-order valence-corrected chi connectivity index (χ4v) is 3.52. The molecule has 1 aromatic rings. The summed E-state index contributed by atoms with van der Waals surface area (Å²) < 4.78 is 0. The Morgan fingerprint density at radius 2 is 1.85 bits per heavy atom. The van der Waals surface area contributed by atoms with E-state index in [9.17, 15) is 0 Å². The van der Waals surface area contributed by atoms with Crippen molar-refractivity contribution >= 4 is 0 Å². The minimum absolute atomic E-state index is 0.595. The molecule has 2 rings (SSSR count). The number of rotatable bonds is 6. The largest absolute Gasteiger partial charge is 0.314 e. The molecule has 1 aromatic carbocycles. The summed E-state index contributed by atoms with van der Waals surface area (Å²) in [6, 6.07) is 7.51. The zero-order valence-corrected chi connectivity index (χ0v) is 13.7. The summed E-state index contributed by atoms with van der Waals surface area (Å²) in [5.41, 5.74) is 4.42. The highest BCUT2D eigenvalue weighted by molar-refractivity contribution is 5.30. The summed E-state index contributed by atoms with van der Waals surface area (Å²) in [5, 5.41) is 3.68. The lowest BCUT2D eigenvalue weighted by atomic mass is 9.84. The quantitative estimate of drug-likeness (QED) is 0.795. The van der Waals surface area contributed by atoms with Gasteiger partial charge in [0.2, 0.25) is 0 Å². The average Bonchev–Trinajstić information content (AvgIpc) is 2.92. The van der Waals surface area contributed by atoms with Crippen LogP contribution in [0.3, 0.4) is 0 Å². The van der Waals surface area contributed by atoms with E-state index in [4.69, 9.17) is 0 Å². The molecular formula is C19H31N. The molecule has 1 atom stereocenters. The van der Waals surface area contributed by atoms with Crippen LogP contribution >= 0.6 is 0 Å². The molecule has 0 saturated heterocycles. The molecule has 20 heavy (non-hydrogen) atoms. The van der Waals surface area contributed by atoms with E-state index in [0.29, 0.717) is 6.04 Å². The minimum atomic E-state index is 0.595. The Labute approximate surface area is 125 Å². The number of nitrogens with one attached hydrogen (secondary N) is 1. The van der Waals surface area contributed by atoms with E-state index in [0.717, 1.165) is 11.8 Å². The highest BCUT2D eigenvalue weighted by Crippen LogP contribution is 2.33. The van der Waals surface area contributed by atoms with Crippen LogP contribution in [0, 0.1) is 25.7 Å². The fraction of sp³-hybridized carbons (Fsp3) is 0.684. The van der Waals surface area contributed by atoms with Gasteiger partial charge in [0.1, 0.15) is 0 Å². The first-order valence-corrected chi connectivity index (χ1v) is 8.35. The molecule has 0 bridgehead atoms. The molecule has 0 heterocycles. The topological polar surface area (TPSA) is 12.0 Å². The number of hydrogen-bond donors (Lipinski definition) is 1. The van der Waals surface area contributed by atoms with Crippen molar-refractivity contribution in [3.05, 3.63) is 34.9 Å². The Morgan fingerprint density at radius 1 is 1.15 bits per heavy atom. The monoisotopic (exact) mass is 273 g/mol. The summed E-state index contributed by atoms with van der Waals surface area (Å²) in [6.45, 7) is 10.2.